The summed E-state index contributed by atoms with van der Waals surface area (Å²) in [6.45, 7) is 0. The summed E-state index contributed by atoms with van der Waals surface area (Å²) < 4.78 is 16.9. The van der Waals surface area contributed by atoms with E-state index < -0.39 is 5.41 Å². The standard InChI is InChI=1S/C29H27N3O5/c1-35-25-16-22-23(17-26(25)36-2)30-15-12-24(22)37-21-10-8-20(9-11-21)32-28(34)29(13-14-29)18-27(33)31-19-6-4-3-5-7-19/h3-12,15-17H,13-14,18H2,1-2H3,(H,31,33)(H,32,34). The fourth-order valence-electron chi connectivity index (χ4n) is 4.20. The Hall–Kier alpha value is -4.59. The van der Waals surface area contributed by atoms with Crippen LogP contribution in [-0.2, 0) is 9.59 Å². The van der Waals surface area contributed by atoms with Gasteiger partial charge in [-0.25, -0.2) is 0 Å². The second-order valence-electron chi connectivity index (χ2n) is 8.99. The first-order chi connectivity index (χ1) is 18.0. The van der Waals surface area contributed by atoms with E-state index in [9.17, 15) is 9.59 Å². The van der Waals surface area contributed by atoms with Crippen molar-refractivity contribution in [2.75, 3.05) is 24.9 Å². The summed E-state index contributed by atoms with van der Waals surface area (Å²) in [5, 5.41) is 6.59. The maximum absolute atomic E-state index is 13.0. The quantitative estimate of drug-likeness (QED) is 0.304. The van der Waals surface area contributed by atoms with Crippen molar-refractivity contribution in [1.29, 1.82) is 0 Å². The predicted octanol–water partition coefficient (Wildman–Crippen LogP) is 5.79. The normalized spacial score (nSPS) is 13.5. The molecule has 0 unspecified atom stereocenters. The van der Waals surface area contributed by atoms with E-state index in [-0.39, 0.29) is 18.2 Å². The van der Waals surface area contributed by atoms with Crippen molar-refractivity contribution in [3.8, 4) is 23.0 Å². The number of hydrogen-bond donors (Lipinski definition) is 2. The molecule has 3 aromatic carbocycles. The van der Waals surface area contributed by atoms with Crippen LogP contribution in [0, 0.1) is 5.41 Å². The number of anilines is 2. The topological polar surface area (TPSA) is 98.8 Å². The van der Waals surface area contributed by atoms with Crippen molar-refractivity contribution < 1.29 is 23.8 Å². The lowest BCUT2D eigenvalue weighted by Crippen LogP contribution is -2.28. The van der Waals surface area contributed by atoms with E-state index >= 15 is 0 Å². The van der Waals surface area contributed by atoms with Crippen molar-refractivity contribution in [3.05, 3.63) is 79.0 Å². The zero-order chi connectivity index (χ0) is 25.8. The first-order valence-corrected chi connectivity index (χ1v) is 11.9. The number of pyridine rings is 1. The molecule has 1 heterocycles. The number of carbonyl (C=O) groups excluding carboxylic acids is 2. The number of fused-ring (bicyclic) bond motifs is 1. The Kier molecular flexibility index (Phi) is 6.64. The molecule has 2 N–H and O–H groups in total. The summed E-state index contributed by atoms with van der Waals surface area (Å²) in [5.74, 6) is 2.07. The minimum absolute atomic E-state index is 0.148. The minimum atomic E-state index is -0.663. The number of aromatic nitrogens is 1. The van der Waals surface area contributed by atoms with Gasteiger partial charge in [-0.3, -0.25) is 14.6 Å². The fraction of sp³-hybridized carbons (Fsp3) is 0.207. The molecule has 0 saturated heterocycles. The maximum Gasteiger partial charge on any atom is 0.231 e. The van der Waals surface area contributed by atoms with Crippen molar-refractivity contribution in [2.45, 2.75) is 19.3 Å². The van der Waals surface area contributed by atoms with Gasteiger partial charge < -0.3 is 24.8 Å². The third kappa shape index (κ3) is 5.33. The van der Waals surface area contributed by atoms with Crippen LogP contribution in [0.3, 0.4) is 0 Å². The number of hydrogen-bond acceptors (Lipinski definition) is 6. The van der Waals surface area contributed by atoms with Gasteiger partial charge in [0.25, 0.3) is 0 Å². The fourth-order valence-corrected chi connectivity index (χ4v) is 4.20. The molecular weight excluding hydrogens is 470 g/mol. The number of rotatable bonds is 9. The number of amides is 2. The molecular formula is C29H27N3O5. The van der Waals surface area contributed by atoms with Gasteiger partial charge in [-0.2, -0.15) is 0 Å². The van der Waals surface area contributed by atoms with Crippen LogP contribution in [0.5, 0.6) is 23.0 Å². The number of ether oxygens (including phenoxy) is 3. The summed E-state index contributed by atoms with van der Waals surface area (Å²) in [6.07, 6.45) is 3.19. The highest BCUT2D eigenvalue weighted by Crippen LogP contribution is 2.50. The van der Waals surface area contributed by atoms with Crippen molar-refractivity contribution in [2.24, 2.45) is 5.41 Å². The van der Waals surface area contributed by atoms with Crippen LogP contribution in [0.15, 0.2) is 79.0 Å². The Labute approximate surface area is 214 Å². The molecule has 0 bridgehead atoms. The molecule has 0 radical (unpaired) electrons. The Morgan fingerprint density at radius 1 is 0.838 bits per heavy atom. The Balaban J connectivity index is 1.24. The molecule has 188 valence electrons. The Morgan fingerprint density at radius 2 is 1.51 bits per heavy atom. The minimum Gasteiger partial charge on any atom is -0.493 e. The lowest BCUT2D eigenvalue weighted by Gasteiger charge is -2.16. The van der Waals surface area contributed by atoms with E-state index in [1.807, 2.05) is 36.4 Å². The molecule has 1 aliphatic rings. The van der Waals surface area contributed by atoms with Gasteiger partial charge in [0.1, 0.15) is 11.5 Å². The van der Waals surface area contributed by atoms with E-state index in [1.165, 1.54) is 0 Å². The second kappa shape index (κ2) is 10.2. The van der Waals surface area contributed by atoms with Gasteiger partial charge in [-0.05, 0) is 61.4 Å². The summed E-state index contributed by atoms with van der Waals surface area (Å²) in [5.41, 5.74) is 1.41. The summed E-state index contributed by atoms with van der Waals surface area (Å²) in [4.78, 5) is 29.8. The van der Waals surface area contributed by atoms with E-state index in [1.54, 1.807) is 56.8 Å². The maximum atomic E-state index is 13.0. The summed E-state index contributed by atoms with van der Waals surface area (Å²) in [6, 6.07) is 21.8. The zero-order valence-corrected chi connectivity index (χ0v) is 20.6. The van der Waals surface area contributed by atoms with Crippen LogP contribution < -0.4 is 24.8 Å². The molecule has 4 aromatic rings. The Morgan fingerprint density at radius 3 is 2.19 bits per heavy atom. The van der Waals surface area contributed by atoms with Crippen LogP contribution >= 0.6 is 0 Å². The molecule has 2 amide bonds. The second-order valence-corrected chi connectivity index (χ2v) is 8.99. The highest BCUT2D eigenvalue weighted by atomic mass is 16.5. The van der Waals surface area contributed by atoms with Gasteiger partial charge in [0.15, 0.2) is 11.5 Å². The lowest BCUT2D eigenvalue weighted by molar-refractivity contribution is -0.126. The molecule has 5 rings (SSSR count). The third-order valence-corrected chi connectivity index (χ3v) is 6.44. The van der Waals surface area contributed by atoms with Crippen molar-refractivity contribution >= 4 is 34.1 Å². The molecule has 1 saturated carbocycles. The van der Waals surface area contributed by atoms with Crippen LogP contribution in [0.25, 0.3) is 10.9 Å². The van der Waals surface area contributed by atoms with E-state index in [0.29, 0.717) is 47.0 Å². The largest absolute Gasteiger partial charge is 0.493 e. The van der Waals surface area contributed by atoms with Crippen LogP contribution in [-0.4, -0.2) is 31.0 Å². The van der Waals surface area contributed by atoms with E-state index in [4.69, 9.17) is 14.2 Å². The van der Waals surface area contributed by atoms with Crippen LogP contribution in [0.4, 0.5) is 11.4 Å². The molecule has 0 aliphatic heterocycles. The van der Waals surface area contributed by atoms with Gasteiger partial charge in [0.05, 0.1) is 25.2 Å². The summed E-state index contributed by atoms with van der Waals surface area (Å²) in [7, 11) is 3.16. The number of nitrogens with one attached hydrogen (secondary N) is 2. The predicted molar refractivity (Wildman–Crippen MR) is 141 cm³/mol. The number of nitrogens with zero attached hydrogens (tertiary/aromatic N) is 1. The number of methoxy groups -OCH3 is 2. The molecule has 1 fully saturated rings. The summed E-state index contributed by atoms with van der Waals surface area (Å²) >= 11 is 0. The average Bonchev–Trinajstić information content (AvgIpc) is 3.70. The van der Waals surface area contributed by atoms with Gasteiger partial charge in [0.2, 0.25) is 11.8 Å². The highest BCUT2D eigenvalue weighted by Gasteiger charge is 2.51. The molecule has 37 heavy (non-hydrogen) atoms. The Bertz CT molecular complexity index is 1430. The zero-order valence-electron chi connectivity index (χ0n) is 20.6. The number of carbonyl (C=O) groups is 2. The number of para-hydroxylation sites is 1. The van der Waals surface area contributed by atoms with E-state index in [2.05, 4.69) is 15.6 Å². The molecule has 1 aliphatic carbocycles. The van der Waals surface area contributed by atoms with Crippen molar-refractivity contribution in [1.82, 2.24) is 4.98 Å². The van der Waals surface area contributed by atoms with Gasteiger partial charge in [-0.15, -0.1) is 0 Å². The SMILES string of the molecule is COc1cc2nccc(Oc3ccc(NC(=O)C4(CC(=O)Nc5ccccc5)CC4)cc3)c2cc1OC. The monoisotopic (exact) mass is 497 g/mol. The molecule has 0 atom stereocenters. The highest BCUT2D eigenvalue weighted by molar-refractivity contribution is 6.02. The average molecular weight is 498 g/mol. The lowest BCUT2D eigenvalue weighted by atomic mass is 10.0. The van der Waals surface area contributed by atoms with Crippen molar-refractivity contribution in [3.63, 3.8) is 0 Å². The molecule has 0 spiro atoms. The number of benzene rings is 3. The van der Waals surface area contributed by atoms with Crippen LogP contribution in [0.1, 0.15) is 19.3 Å². The van der Waals surface area contributed by atoms with Gasteiger partial charge in [-0.1, -0.05) is 18.2 Å². The molecule has 8 nitrogen and oxygen atoms in total. The van der Waals surface area contributed by atoms with Gasteiger partial charge in [0, 0.05) is 35.4 Å². The van der Waals surface area contributed by atoms with E-state index in [0.717, 1.165) is 11.1 Å². The molecule has 8 heteroatoms. The van der Waals surface area contributed by atoms with Gasteiger partial charge >= 0.3 is 0 Å². The first kappa shape index (κ1) is 24.1. The third-order valence-electron chi connectivity index (χ3n) is 6.44. The smallest absolute Gasteiger partial charge is 0.231 e. The first-order valence-electron chi connectivity index (χ1n) is 11.9. The molecule has 1 aromatic heterocycles. The van der Waals surface area contributed by atoms with Crippen LogP contribution in [0.2, 0.25) is 0 Å².